The van der Waals surface area contributed by atoms with E-state index < -0.39 is 17.0 Å². The van der Waals surface area contributed by atoms with Gasteiger partial charge < -0.3 is 14.2 Å². The van der Waals surface area contributed by atoms with Crippen LogP contribution in [-0.4, -0.2) is 29.1 Å². The van der Waals surface area contributed by atoms with Crippen molar-refractivity contribution in [2.75, 3.05) is 7.11 Å². The summed E-state index contributed by atoms with van der Waals surface area (Å²) in [6.07, 6.45) is -0.997. The topological polar surface area (TPSA) is 118 Å². The molecule has 0 radical (unpaired) electrons. The number of aryl methyl sites for hydroxylation is 1. The molecule has 0 fully saturated rings. The van der Waals surface area contributed by atoms with Crippen LogP contribution in [0.4, 0.5) is 10.5 Å². The van der Waals surface area contributed by atoms with Gasteiger partial charge in [0.1, 0.15) is 6.61 Å². The summed E-state index contributed by atoms with van der Waals surface area (Å²) in [7, 11) is 1.14. The predicted molar refractivity (Wildman–Crippen MR) is 83.2 cm³/mol. The number of methoxy groups -OCH3 is 1. The van der Waals surface area contributed by atoms with E-state index in [9.17, 15) is 19.7 Å². The van der Waals surface area contributed by atoms with Crippen LogP contribution in [0.25, 0.3) is 11.1 Å². The number of nitro benzene ring substituents is 1. The number of pyridine rings is 1. The number of cyclic esters (lactones) is 1. The van der Waals surface area contributed by atoms with Gasteiger partial charge in [0.25, 0.3) is 5.69 Å². The first-order chi connectivity index (χ1) is 11.9. The number of nitro groups is 1. The molecule has 0 saturated heterocycles. The molecule has 0 aliphatic carbocycles. The van der Waals surface area contributed by atoms with Gasteiger partial charge in [-0.05, 0) is 12.5 Å². The summed E-state index contributed by atoms with van der Waals surface area (Å²) < 4.78 is 14.6. The Morgan fingerprint density at radius 1 is 1.36 bits per heavy atom. The first kappa shape index (κ1) is 16.4. The lowest BCUT2D eigenvalue weighted by Crippen LogP contribution is -2.12. The van der Waals surface area contributed by atoms with Crippen LogP contribution in [0.3, 0.4) is 0 Å². The van der Waals surface area contributed by atoms with E-state index in [0.29, 0.717) is 17.0 Å². The molecule has 0 N–H and O–H groups in total. The van der Waals surface area contributed by atoms with Crippen LogP contribution in [0.15, 0.2) is 24.3 Å². The summed E-state index contributed by atoms with van der Waals surface area (Å²) in [5.74, 6) is -0.649. The van der Waals surface area contributed by atoms with E-state index in [1.807, 2.05) is 0 Å². The van der Waals surface area contributed by atoms with Gasteiger partial charge in [0.05, 0.1) is 29.0 Å². The Bertz CT molecular complexity index is 908. The molecule has 9 nitrogen and oxygen atoms in total. The van der Waals surface area contributed by atoms with E-state index in [1.54, 1.807) is 13.0 Å². The van der Waals surface area contributed by atoms with Gasteiger partial charge in [0, 0.05) is 17.7 Å². The van der Waals surface area contributed by atoms with Crippen molar-refractivity contribution in [3.05, 3.63) is 51.3 Å². The van der Waals surface area contributed by atoms with Gasteiger partial charge in [-0.2, -0.15) is 0 Å². The molecule has 2 aromatic rings. The lowest BCUT2D eigenvalue weighted by molar-refractivity contribution is -0.384. The van der Waals surface area contributed by atoms with Gasteiger partial charge in [-0.15, -0.1) is 0 Å². The highest BCUT2D eigenvalue weighted by atomic mass is 16.7. The lowest BCUT2D eigenvalue weighted by atomic mass is 9.97. The highest BCUT2D eigenvalue weighted by molar-refractivity contribution is 6.02. The Morgan fingerprint density at radius 2 is 2.12 bits per heavy atom. The molecule has 0 bridgehead atoms. The third-order valence-electron chi connectivity index (χ3n) is 3.64. The maximum absolute atomic E-state index is 12.1. The highest BCUT2D eigenvalue weighted by Gasteiger charge is 2.32. The summed E-state index contributed by atoms with van der Waals surface area (Å²) in [6, 6.07) is 5.64. The van der Waals surface area contributed by atoms with Crippen molar-refractivity contribution in [2.45, 2.75) is 13.5 Å². The SMILES string of the molecule is COC(=O)Oc1c(C)nc2c(c1-c1cccc([N+](=O)[O-])c1)C(=O)OC2. The molecule has 1 aliphatic rings. The predicted octanol–water partition coefficient (Wildman–Crippen LogP) is 2.78. The molecule has 1 aromatic heterocycles. The summed E-state index contributed by atoms with van der Waals surface area (Å²) in [5, 5.41) is 11.1. The lowest BCUT2D eigenvalue weighted by Gasteiger charge is -2.14. The van der Waals surface area contributed by atoms with Gasteiger partial charge in [0.2, 0.25) is 0 Å². The van der Waals surface area contributed by atoms with Gasteiger partial charge in [-0.3, -0.25) is 10.1 Å². The third-order valence-corrected chi connectivity index (χ3v) is 3.64. The average Bonchev–Trinajstić information content (AvgIpc) is 2.95. The van der Waals surface area contributed by atoms with E-state index in [2.05, 4.69) is 9.72 Å². The normalized spacial score (nSPS) is 12.3. The number of non-ortho nitro benzene ring substituents is 1. The van der Waals surface area contributed by atoms with E-state index in [1.165, 1.54) is 18.2 Å². The quantitative estimate of drug-likeness (QED) is 0.474. The smallest absolute Gasteiger partial charge is 0.455 e. The van der Waals surface area contributed by atoms with Crippen molar-refractivity contribution in [2.24, 2.45) is 0 Å². The van der Waals surface area contributed by atoms with Gasteiger partial charge in [-0.25, -0.2) is 14.6 Å². The fraction of sp³-hybridized carbons (Fsp3) is 0.188. The van der Waals surface area contributed by atoms with Crippen LogP contribution in [0.1, 0.15) is 21.7 Å². The number of aromatic nitrogens is 1. The summed E-state index contributed by atoms with van der Waals surface area (Å²) in [5.41, 5.74) is 1.18. The number of carbonyl (C=O) groups excluding carboxylic acids is 2. The fourth-order valence-corrected chi connectivity index (χ4v) is 2.58. The van der Waals surface area contributed by atoms with E-state index in [4.69, 9.17) is 9.47 Å². The first-order valence-corrected chi connectivity index (χ1v) is 7.13. The number of rotatable bonds is 3. The molecular weight excluding hydrogens is 332 g/mol. The van der Waals surface area contributed by atoms with Crippen molar-refractivity contribution in [3.63, 3.8) is 0 Å². The Balaban J connectivity index is 2.29. The standard InChI is InChI=1S/C16H12N2O7/c1-8-14(25-16(20)23-2)12(13-11(17-8)7-24-15(13)19)9-4-3-5-10(6-9)18(21)22/h3-6H,7H2,1-2H3. The van der Waals surface area contributed by atoms with E-state index >= 15 is 0 Å². The Kier molecular flexibility index (Phi) is 4.05. The van der Waals surface area contributed by atoms with Crippen LogP contribution in [0, 0.1) is 17.0 Å². The van der Waals surface area contributed by atoms with Gasteiger partial charge in [-0.1, -0.05) is 12.1 Å². The Morgan fingerprint density at radius 3 is 2.80 bits per heavy atom. The number of nitrogens with zero attached hydrogens (tertiary/aromatic N) is 2. The Hall–Kier alpha value is -3.49. The summed E-state index contributed by atoms with van der Waals surface area (Å²) in [4.78, 5) is 38.4. The number of hydrogen-bond acceptors (Lipinski definition) is 8. The molecule has 9 heteroatoms. The minimum absolute atomic E-state index is 0.00931. The minimum atomic E-state index is -0.997. The van der Waals surface area contributed by atoms with Crippen molar-refractivity contribution in [1.82, 2.24) is 4.98 Å². The molecule has 128 valence electrons. The number of carbonyl (C=O) groups is 2. The van der Waals surface area contributed by atoms with Crippen LogP contribution < -0.4 is 4.74 Å². The summed E-state index contributed by atoms with van der Waals surface area (Å²) >= 11 is 0. The van der Waals surface area contributed by atoms with E-state index in [0.717, 1.165) is 7.11 Å². The van der Waals surface area contributed by atoms with Gasteiger partial charge >= 0.3 is 12.1 Å². The zero-order valence-corrected chi connectivity index (χ0v) is 13.3. The summed E-state index contributed by atoms with van der Waals surface area (Å²) in [6.45, 7) is 1.57. The molecule has 1 aromatic carbocycles. The molecular formula is C16H12N2O7. The number of hydrogen-bond donors (Lipinski definition) is 0. The number of fused-ring (bicyclic) bond motifs is 1. The zero-order valence-electron chi connectivity index (χ0n) is 13.3. The second-order valence-electron chi connectivity index (χ2n) is 5.16. The van der Waals surface area contributed by atoms with Crippen LogP contribution in [0.5, 0.6) is 5.75 Å². The van der Waals surface area contributed by atoms with Crippen LogP contribution in [-0.2, 0) is 16.1 Å². The molecule has 25 heavy (non-hydrogen) atoms. The molecule has 0 amide bonds. The minimum Gasteiger partial charge on any atom is -0.455 e. The molecule has 1 aliphatic heterocycles. The van der Waals surface area contributed by atoms with Crippen molar-refractivity contribution >= 4 is 17.8 Å². The molecule has 0 spiro atoms. The maximum Gasteiger partial charge on any atom is 0.513 e. The third kappa shape index (κ3) is 2.87. The molecule has 2 heterocycles. The molecule has 3 rings (SSSR count). The largest absolute Gasteiger partial charge is 0.513 e. The average molecular weight is 344 g/mol. The second kappa shape index (κ2) is 6.19. The van der Waals surface area contributed by atoms with Crippen molar-refractivity contribution in [1.29, 1.82) is 0 Å². The highest BCUT2D eigenvalue weighted by Crippen LogP contribution is 2.40. The number of ether oxygens (including phenoxy) is 3. The van der Waals surface area contributed by atoms with Crippen molar-refractivity contribution in [3.8, 4) is 16.9 Å². The zero-order chi connectivity index (χ0) is 18.1. The van der Waals surface area contributed by atoms with Crippen LogP contribution >= 0.6 is 0 Å². The molecule has 0 unspecified atom stereocenters. The fourth-order valence-electron chi connectivity index (χ4n) is 2.58. The molecule has 0 atom stereocenters. The van der Waals surface area contributed by atoms with Crippen molar-refractivity contribution < 1.29 is 28.7 Å². The Labute approximate surface area is 141 Å². The van der Waals surface area contributed by atoms with E-state index in [-0.39, 0.29) is 29.2 Å². The monoisotopic (exact) mass is 344 g/mol. The maximum atomic E-state index is 12.1. The number of benzene rings is 1. The number of esters is 1. The van der Waals surface area contributed by atoms with Gasteiger partial charge in [0.15, 0.2) is 5.75 Å². The molecule has 0 saturated carbocycles. The van der Waals surface area contributed by atoms with Crippen LogP contribution in [0.2, 0.25) is 0 Å². The first-order valence-electron chi connectivity index (χ1n) is 7.13. The second-order valence-corrected chi connectivity index (χ2v) is 5.16.